The van der Waals surface area contributed by atoms with Gasteiger partial charge in [-0.2, -0.15) is 0 Å². The van der Waals surface area contributed by atoms with E-state index in [0.29, 0.717) is 6.54 Å². The van der Waals surface area contributed by atoms with Gasteiger partial charge in [-0.1, -0.05) is 29.8 Å². The summed E-state index contributed by atoms with van der Waals surface area (Å²) in [6.45, 7) is 2.69. The lowest BCUT2D eigenvalue weighted by Gasteiger charge is -2.09. The van der Waals surface area contributed by atoms with Gasteiger partial charge < -0.3 is 10.4 Å². The van der Waals surface area contributed by atoms with Crippen LogP contribution in [-0.2, 0) is 6.54 Å². The van der Waals surface area contributed by atoms with Crippen LogP contribution in [0, 0.1) is 6.92 Å². The van der Waals surface area contributed by atoms with E-state index in [0.717, 1.165) is 21.8 Å². The van der Waals surface area contributed by atoms with Crippen LogP contribution >= 0.6 is 11.6 Å². The Bertz CT molecular complexity index is 508. The second-order valence-corrected chi connectivity index (χ2v) is 4.41. The van der Waals surface area contributed by atoms with Gasteiger partial charge in [-0.05, 0) is 42.3 Å². The van der Waals surface area contributed by atoms with E-state index in [9.17, 15) is 5.11 Å². The molecule has 0 heterocycles. The van der Waals surface area contributed by atoms with Gasteiger partial charge in [0.2, 0.25) is 0 Å². The topological polar surface area (TPSA) is 32.3 Å². The lowest BCUT2D eigenvalue weighted by Crippen LogP contribution is -1.99. The molecule has 0 aliphatic rings. The standard InChI is InChI=1S/C14H14ClNO/c1-10-2-7-14(13(15)8-10)16-9-11-3-5-12(17)6-4-11/h2-8,16-17H,9H2,1H3. The molecule has 0 radical (unpaired) electrons. The Labute approximate surface area is 106 Å². The van der Waals surface area contributed by atoms with E-state index < -0.39 is 0 Å². The molecule has 17 heavy (non-hydrogen) atoms. The third kappa shape index (κ3) is 3.14. The minimum Gasteiger partial charge on any atom is -0.508 e. The summed E-state index contributed by atoms with van der Waals surface area (Å²) in [7, 11) is 0. The molecule has 0 unspecified atom stereocenters. The lowest BCUT2D eigenvalue weighted by atomic mass is 10.2. The van der Waals surface area contributed by atoms with Crippen LogP contribution in [0.1, 0.15) is 11.1 Å². The first-order chi connectivity index (χ1) is 8.15. The van der Waals surface area contributed by atoms with Gasteiger partial charge in [0.15, 0.2) is 0 Å². The largest absolute Gasteiger partial charge is 0.508 e. The zero-order valence-corrected chi connectivity index (χ0v) is 10.3. The maximum atomic E-state index is 9.18. The highest BCUT2D eigenvalue weighted by atomic mass is 35.5. The van der Waals surface area contributed by atoms with Crippen molar-refractivity contribution in [3.8, 4) is 5.75 Å². The highest BCUT2D eigenvalue weighted by Crippen LogP contribution is 2.23. The lowest BCUT2D eigenvalue weighted by molar-refractivity contribution is 0.475. The fraction of sp³-hybridized carbons (Fsp3) is 0.143. The van der Waals surface area contributed by atoms with Crippen LogP contribution in [0.4, 0.5) is 5.69 Å². The van der Waals surface area contributed by atoms with Crippen LogP contribution < -0.4 is 5.32 Å². The number of phenolic OH excluding ortho intramolecular Hbond substituents is 1. The summed E-state index contributed by atoms with van der Waals surface area (Å²) in [6, 6.07) is 13.0. The van der Waals surface area contributed by atoms with Crippen molar-refractivity contribution in [1.29, 1.82) is 0 Å². The zero-order valence-electron chi connectivity index (χ0n) is 9.57. The number of phenols is 1. The molecule has 2 N–H and O–H groups in total. The molecule has 2 nitrogen and oxygen atoms in total. The summed E-state index contributed by atoms with van der Waals surface area (Å²) < 4.78 is 0. The quantitative estimate of drug-likeness (QED) is 0.860. The third-order valence-electron chi connectivity index (χ3n) is 2.54. The van der Waals surface area contributed by atoms with Gasteiger partial charge >= 0.3 is 0 Å². The van der Waals surface area contributed by atoms with E-state index in [1.54, 1.807) is 12.1 Å². The summed E-state index contributed by atoms with van der Waals surface area (Å²) in [5.41, 5.74) is 3.16. The van der Waals surface area contributed by atoms with Crippen LogP contribution in [0.3, 0.4) is 0 Å². The van der Waals surface area contributed by atoms with E-state index in [-0.39, 0.29) is 5.75 Å². The molecule has 3 heteroatoms. The van der Waals surface area contributed by atoms with Crippen molar-refractivity contribution in [1.82, 2.24) is 0 Å². The number of aromatic hydroxyl groups is 1. The van der Waals surface area contributed by atoms with Crippen LogP contribution in [0.5, 0.6) is 5.75 Å². The molecule has 0 aliphatic heterocycles. The maximum absolute atomic E-state index is 9.18. The van der Waals surface area contributed by atoms with Gasteiger partial charge in [0.1, 0.15) is 5.75 Å². The average molecular weight is 248 g/mol. The number of hydrogen-bond donors (Lipinski definition) is 2. The zero-order chi connectivity index (χ0) is 12.3. The number of halogens is 1. The summed E-state index contributed by atoms with van der Waals surface area (Å²) in [5, 5.41) is 13.2. The smallest absolute Gasteiger partial charge is 0.115 e. The fourth-order valence-corrected chi connectivity index (χ4v) is 1.88. The molecule has 0 aromatic heterocycles. The van der Waals surface area contributed by atoms with Gasteiger partial charge in [-0.25, -0.2) is 0 Å². The molecule has 2 aromatic rings. The SMILES string of the molecule is Cc1ccc(NCc2ccc(O)cc2)c(Cl)c1. The molecule has 0 atom stereocenters. The van der Waals surface area contributed by atoms with E-state index in [1.165, 1.54) is 0 Å². The molecule has 0 bridgehead atoms. The minimum atomic E-state index is 0.280. The van der Waals surface area contributed by atoms with Crippen molar-refractivity contribution in [3.05, 3.63) is 58.6 Å². The number of hydrogen-bond acceptors (Lipinski definition) is 2. The van der Waals surface area contributed by atoms with Crippen molar-refractivity contribution in [2.75, 3.05) is 5.32 Å². The first kappa shape index (κ1) is 11.8. The van der Waals surface area contributed by atoms with Crippen LogP contribution in [0.2, 0.25) is 5.02 Å². The van der Waals surface area contributed by atoms with Crippen molar-refractivity contribution in [3.63, 3.8) is 0 Å². The van der Waals surface area contributed by atoms with E-state index >= 15 is 0 Å². The van der Waals surface area contributed by atoms with Gasteiger partial charge in [-0.3, -0.25) is 0 Å². The fourth-order valence-electron chi connectivity index (χ4n) is 1.57. The van der Waals surface area contributed by atoms with Gasteiger partial charge in [-0.15, -0.1) is 0 Å². The molecule has 0 spiro atoms. The van der Waals surface area contributed by atoms with Crippen molar-refractivity contribution >= 4 is 17.3 Å². The van der Waals surface area contributed by atoms with Crippen molar-refractivity contribution in [2.45, 2.75) is 13.5 Å². The Balaban J connectivity index is 2.04. The molecule has 0 saturated carbocycles. The number of aryl methyl sites for hydroxylation is 1. The summed E-state index contributed by atoms with van der Waals surface area (Å²) in [4.78, 5) is 0. The predicted molar refractivity (Wildman–Crippen MR) is 71.6 cm³/mol. The Morgan fingerprint density at radius 2 is 1.82 bits per heavy atom. The second-order valence-electron chi connectivity index (χ2n) is 4.00. The molecule has 0 amide bonds. The number of anilines is 1. The van der Waals surface area contributed by atoms with Gasteiger partial charge in [0.25, 0.3) is 0 Å². The number of rotatable bonds is 3. The van der Waals surface area contributed by atoms with Crippen LogP contribution in [0.25, 0.3) is 0 Å². The van der Waals surface area contributed by atoms with Crippen LogP contribution in [0.15, 0.2) is 42.5 Å². The molecule has 88 valence electrons. The van der Waals surface area contributed by atoms with Crippen LogP contribution in [-0.4, -0.2) is 5.11 Å². The van der Waals surface area contributed by atoms with Gasteiger partial charge in [0.05, 0.1) is 10.7 Å². The first-order valence-electron chi connectivity index (χ1n) is 5.43. The molecule has 2 rings (SSSR count). The Hall–Kier alpha value is -1.67. The molecule has 0 fully saturated rings. The average Bonchev–Trinajstić information content (AvgIpc) is 2.30. The van der Waals surface area contributed by atoms with Gasteiger partial charge in [0, 0.05) is 6.54 Å². The molecule has 0 saturated heterocycles. The van der Waals surface area contributed by atoms with Crippen molar-refractivity contribution < 1.29 is 5.11 Å². The van der Waals surface area contributed by atoms with E-state index in [4.69, 9.17) is 11.6 Å². The predicted octanol–water partition coefficient (Wildman–Crippen LogP) is 3.97. The molecular weight excluding hydrogens is 234 g/mol. The van der Waals surface area contributed by atoms with Crippen molar-refractivity contribution in [2.24, 2.45) is 0 Å². The molecule has 2 aromatic carbocycles. The van der Waals surface area contributed by atoms with E-state index in [2.05, 4.69) is 5.32 Å². The second kappa shape index (κ2) is 5.11. The highest BCUT2D eigenvalue weighted by molar-refractivity contribution is 6.33. The third-order valence-corrected chi connectivity index (χ3v) is 2.86. The van der Waals surface area contributed by atoms with E-state index in [1.807, 2.05) is 37.3 Å². The molecular formula is C14H14ClNO. The summed E-state index contributed by atoms with van der Waals surface area (Å²) in [6.07, 6.45) is 0. The maximum Gasteiger partial charge on any atom is 0.115 e. The Morgan fingerprint density at radius 1 is 1.12 bits per heavy atom. The number of nitrogens with one attached hydrogen (secondary N) is 1. The summed E-state index contributed by atoms with van der Waals surface area (Å²) >= 11 is 6.12. The molecule has 0 aliphatic carbocycles. The first-order valence-corrected chi connectivity index (χ1v) is 5.81. The Morgan fingerprint density at radius 3 is 2.47 bits per heavy atom. The Kier molecular flexibility index (Phi) is 3.55. The number of benzene rings is 2. The highest BCUT2D eigenvalue weighted by Gasteiger charge is 2.00. The minimum absolute atomic E-state index is 0.280. The normalized spacial score (nSPS) is 10.2. The monoisotopic (exact) mass is 247 g/mol. The summed E-state index contributed by atoms with van der Waals surface area (Å²) in [5.74, 6) is 0.280.